The van der Waals surface area contributed by atoms with Gasteiger partial charge < -0.3 is 10.0 Å². The van der Waals surface area contributed by atoms with Gasteiger partial charge in [-0.05, 0) is 49.8 Å². The number of carbonyl (C=O) groups is 1. The molecule has 0 aliphatic rings. The third-order valence-corrected chi connectivity index (χ3v) is 3.13. The van der Waals surface area contributed by atoms with Crippen LogP contribution in [0.25, 0.3) is 6.08 Å². The fourth-order valence-electron chi connectivity index (χ4n) is 2.02. The fourth-order valence-corrected chi connectivity index (χ4v) is 2.02. The highest BCUT2D eigenvalue weighted by Crippen LogP contribution is 2.23. The van der Waals surface area contributed by atoms with Crippen LogP contribution in [0, 0.1) is 6.92 Å². The van der Waals surface area contributed by atoms with E-state index in [2.05, 4.69) is 48.0 Å². The third-order valence-electron chi connectivity index (χ3n) is 3.13. The predicted octanol–water partition coefficient (Wildman–Crippen LogP) is 3.65. The molecule has 1 aromatic heterocycles. The van der Waals surface area contributed by atoms with E-state index in [1.807, 2.05) is 12.1 Å². The van der Waals surface area contributed by atoms with Crippen molar-refractivity contribution in [3.05, 3.63) is 59.8 Å². The Kier molecular flexibility index (Phi) is 4.72. The summed E-state index contributed by atoms with van der Waals surface area (Å²) in [5.74, 6) is -0.122. The van der Waals surface area contributed by atoms with Gasteiger partial charge in [0.25, 0.3) is 0 Å². The van der Waals surface area contributed by atoms with Gasteiger partial charge in [-0.25, -0.2) is 9.78 Å². The molecule has 0 saturated carbocycles. The topological polar surface area (TPSA) is 53.4 Å². The largest absolute Gasteiger partial charge is 0.478 e. The Morgan fingerprint density at radius 2 is 1.95 bits per heavy atom. The van der Waals surface area contributed by atoms with E-state index in [0.717, 1.165) is 29.7 Å². The number of anilines is 2. The van der Waals surface area contributed by atoms with E-state index in [-0.39, 0.29) is 0 Å². The summed E-state index contributed by atoms with van der Waals surface area (Å²) < 4.78 is 0. The van der Waals surface area contributed by atoms with Gasteiger partial charge in [0.15, 0.2) is 0 Å². The average molecular weight is 282 g/mol. The quantitative estimate of drug-likeness (QED) is 0.851. The lowest BCUT2D eigenvalue weighted by molar-refractivity contribution is -0.131. The number of hydrogen-bond acceptors (Lipinski definition) is 3. The van der Waals surface area contributed by atoms with Crippen LogP contribution >= 0.6 is 0 Å². The van der Waals surface area contributed by atoms with Crippen LogP contribution in [0.4, 0.5) is 11.5 Å². The van der Waals surface area contributed by atoms with Crippen molar-refractivity contribution in [2.24, 2.45) is 0 Å². The van der Waals surface area contributed by atoms with Crippen LogP contribution in [0.15, 0.2) is 48.7 Å². The molecule has 0 bridgehead atoms. The SMILES string of the molecule is CCN(c1ccc(C)cc1)c1ccc(/C=C/C(=O)O)cn1. The molecule has 0 spiro atoms. The maximum Gasteiger partial charge on any atom is 0.328 e. The van der Waals surface area contributed by atoms with Gasteiger partial charge in [0.1, 0.15) is 5.82 Å². The summed E-state index contributed by atoms with van der Waals surface area (Å²) in [6.45, 7) is 4.93. The Labute approximate surface area is 124 Å². The van der Waals surface area contributed by atoms with E-state index in [1.165, 1.54) is 11.6 Å². The molecule has 4 heteroatoms. The van der Waals surface area contributed by atoms with Gasteiger partial charge in [-0.15, -0.1) is 0 Å². The molecule has 0 fully saturated rings. The van der Waals surface area contributed by atoms with Gasteiger partial charge in [-0.2, -0.15) is 0 Å². The Hall–Kier alpha value is -2.62. The highest BCUT2D eigenvalue weighted by molar-refractivity contribution is 5.85. The van der Waals surface area contributed by atoms with Crippen molar-refractivity contribution in [3.8, 4) is 0 Å². The number of benzene rings is 1. The summed E-state index contributed by atoms with van der Waals surface area (Å²) in [7, 11) is 0. The lowest BCUT2D eigenvalue weighted by Gasteiger charge is -2.22. The predicted molar refractivity (Wildman–Crippen MR) is 84.8 cm³/mol. The molecule has 1 N–H and O–H groups in total. The molecule has 1 aromatic carbocycles. The van der Waals surface area contributed by atoms with Gasteiger partial charge in [-0.1, -0.05) is 17.7 Å². The second kappa shape index (κ2) is 6.70. The lowest BCUT2D eigenvalue weighted by atomic mass is 10.2. The Morgan fingerprint density at radius 1 is 1.24 bits per heavy atom. The monoisotopic (exact) mass is 282 g/mol. The molecule has 0 amide bonds. The van der Waals surface area contributed by atoms with E-state index in [0.29, 0.717) is 0 Å². The first kappa shape index (κ1) is 14.8. The molecule has 0 atom stereocenters. The van der Waals surface area contributed by atoms with Crippen molar-refractivity contribution < 1.29 is 9.90 Å². The van der Waals surface area contributed by atoms with Crippen molar-refractivity contribution in [1.29, 1.82) is 0 Å². The van der Waals surface area contributed by atoms with Gasteiger partial charge in [0.05, 0.1) is 0 Å². The number of aryl methyl sites for hydroxylation is 1. The Balaban J connectivity index is 2.23. The summed E-state index contributed by atoms with van der Waals surface area (Å²) in [4.78, 5) is 17.0. The third kappa shape index (κ3) is 3.92. The van der Waals surface area contributed by atoms with Crippen LogP contribution in [-0.4, -0.2) is 22.6 Å². The van der Waals surface area contributed by atoms with Gasteiger partial charge >= 0.3 is 5.97 Å². The van der Waals surface area contributed by atoms with E-state index < -0.39 is 5.97 Å². The molecule has 21 heavy (non-hydrogen) atoms. The summed E-state index contributed by atoms with van der Waals surface area (Å²) in [6.07, 6.45) is 4.31. The minimum atomic E-state index is -0.964. The fraction of sp³-hybridized carbons (Fsp3) is 0.176. The van der Waals surface area contributed by atoms with Crippen LogP contribution in [0.5, 0.6) is 0 Å². The zero-order valence-corrected chi connectivity index (χ0v) is 12.2. The summed E-state index contributed by atoms with van der Waals surface area (Å²) in [5.41, 5.74) is 3.07. The number of nitrogens with zero attached hydrogens (tertiary/aromatic N) is 2. The number of carboxylic acid groups (broad SMARTS) is 1. The van der Waals surface area contributed by atoms with E-state index in [1.54, 1.807) is 6.20 Å². The number of aromatic nitrogens is 1. The van der Waals surface area contributed by atoms with Crippen LogP contribution in [-0.2, 0) is 4.79 Å². The van der Waals surface area contributed by atoms with Crippen molar-refractivity contribution in [1.82, 2.24) is 4.98 Å². The molecule has 1 heterocycles. The first-order chi connectivity index (χ1) is 10.1. The smallest absolute Gasteiger partial charge is 0.328 e. The molecule has 0 aliphatic heterocycles. The number of pyridine rings is 1. The van der Waals surface area contributed by atoms with Crippen molar-refractivity contribution in [2.75, 3.05) is 11.4 Å². The van der Waals surface area contributed by atoms with E-state index in [9.17, 15) is 4.79 Å². The molecule has 0 radical (unpaired) electrons. The first-order valence-electron chi connectivity index (χ1n) is 6.81. The average Bonchev–Trinajstić information content (AvgIpc) is 2.49. The Morgan fingerprint density at radius 3 is 2.48 bits per heavy atom. The highest BCUT2D eigenvalue weighted by Gasteiger charge is 2.07. The van der Waals surface area contributed by atoms with Gasteiger partial charge in [0.2, 0.25) is 0 Å². The summed E-state index contributed by atoms with van der Waals surface area (Å²) >= 11 is 0. The summed E-state index contributed by atoms with van der Waals surface area (Å²) in [6, 6.07) is 12.0. The van der Waals surface area contributed by atoms with Gasteiger partial charge in [0, 0.05) is 24.5 Å². The normalized spacial score (nSPS) is 10.8. The van der Waals surface area contributed by atoms with Crippen molar-refractivity contribution in [3.63, 3.8) is 0 Å². The molecule has 0 aliphatic carbocycles. The molecule has 108 valence electrons. The number of hydrogen-bond donors (Lipinski definition) is 1. The molecule has 4 nitrogen and oxygen atoms in total. The number of aliphatic carboxylic acids is 1. The summed E-state index contributed by atoms with van der Waals surface area (Å²) in [5, 5.41) is 8.61. The van der Waals surface area contributed by atoms with Crippen LogP contribution in [0.1, 0.15) is 18.1 Å². The van der Waals surface area contributed by atoms with Crippen LogP contribution in [0.2, 0.25) is 0 Å². The van der Waals surface area contributed by atoms with Crippen molar-refractivity contribution in [2.45, 2.75) is 13.8 Å². The van der Waals surface area contributed by atoms with Crippen LogP contribution in [0.3, 0.4) is 0 Å². The molecule has 0 unspecified atom stereocenters. The molecular weight excluding hydrogens is 264 g/mol. The van der Waals surface area contributed by atoms with Crippen LogP contribution < -0.4 is 4.90 Å². The maximum atomic E-state index is 10.5. The zero-order valence-electron chi connectivity index (χ0n) is 12.2. The second-order valence-corrected chi connectivity index (χ2v) is 4.70. The van der Waals surface area contributed by atoms with E-state index >= 15 is 0 Å². The second-order valence-electron chi connectivity index (χ2n) is 4.70. The Bertz CT molecular complexity index is 631. The molecular formula is C17H18N2O2. The highest BCUT2D eigenvalue weighted by atomic mass is 16.4. The maximum absolute atomic E-state index is 10.5. The number of carboxylic acids is 1. The minimum Gasteiger partial charge on any atom is -0.478 e. The van der Waals surface area contributed by atoms with E-state index in [4.69, 9.17) is 5.11 Å². The van der Waals surface area contributed by atoms with Crippen molar-refractivity contribution >= 4 is 23.6 Å². The molecule has 0 saturated heterocycles. The minimum absolute atomic E-state index is 0.765. The van der Waals surface area contributed by atoms with Gasteiger partial charge in [-0.3, -0.25) is 0 Å². The number of rotatable bonds is 5. The molecule has 2 rings (SSSR count). The zero-order chi connectivity index (χ0) is 15.2. The standard InChI is InChI=1S/C17H18N2O2/c1-3-19(15-8-4-13(2)5-9-15)16-10-6-14(12-18-16)7-11-17(20)21/h4-12H,3H2,1-2H3,(H,20,21)/b11-7+. The first-order valence-corrected chi connectivity index (χ1v) is 6.81. The molecule has 2 aromatic rings. The lowest BCUT2D eigenvalue weighted by Crippen LogP contribution is -2.17.